The summed E-state index contributed by atoms with van der Waals surface area (Å²) in [5.74, 6) is 2.75. The van der Waals surface area contributed by atoms with Crippen molar-refractivity contribution in [3.05, 3.63) is 23.2 Å². The van der Waals surface area contributed by atoms with Crippen LogP contribution in [0.1, 0.15) is 25.7 Å². The average molecular weight is 251 g/mol. The predicted molar refractivity (Wildman–Crippen MR) is 73.3 cm³/mol. The van der Waals surface area contributed by atoms with Gasteiger partial charge in [0.1, 0.15) is 0 Å². The van der Waals surface area contributed by atoms with Crippen LogP contribution in [0.4, 0.5) is 11.4 Å². The van der Waals surface area contributed by atoms with Crippen molar-refractivity contribution in [2.75, 3.05) is 17.6 Å². The van der Waals surface area contributed by atoms with E-state index in [0.717, 1.165) is 40.7 Å². The second kappa shape index (κ2) is 4.41. The second-order valence-corrected chi connectivity index (χ2v) is 5.83. The lowest BCUT2D eigenvalue weighted by molar-refractivity contribution is 0.428. The zero-order chi connectivity index (χ0) is 11.8. The summed E-state index contributed by atoms with van der Waals surface area (Å²) in [6, 6.07) is 5.68. The molecule has 3 N–H and O–H groups in total. The summed E-state index contributed by atoms with van der Waals surface area (Å²) in [4.78, 5) is 0. The number of nitrogens with one attached hydrogen (secondary N) is 1. The molecular formula is C14H19ClN2. The number of anilines is 2. The van der Waals surface area contributed by atoms with Gasteiger partial charge in [0.25, 0.3) is 0 Å². The van der Waals surface area contributed by atoms with E-state index in [1.165, 1.54) is 25.7 Å². The first-order chi connectivity index (χ1) is 8.25. The molecule has 2 aliphatic rings. The molecule has 2 saturated carbocycles. The molecule has 1 aromatic rings. The molecule has 92 valence electrons. The van der Waals surface area contributed by atoms with Crippen molar-refractivity contribution in [2.45, 2.75) is 25.7 Å². The van der Waals surface area contributed by atoms with Crippen molar-refractivity contribution < 1.29 is 0 Å². The van der Waals surface area contributed by atoms with Crippen LogP contribution in [0, 0.1) is 17.8 Å². The van der Waals surface area contributed by atoms with E-state index in [-0.39, 0.29) is 0 Å². The molecule has 0 aromatic heterocycles. The van der Waals surface area contributed by atoms with Gasteiger partial charge in [-0.1, -0.05) is 17.7 Å². The van der Waals surface area contributed by atoms with Crippen molar-refractivity contribution in [2.24, 2.45) is 17.8 Å². The maximum atomic E-state index is 6.16. The van der Waals surface area contributed by atoms with Gasteiger partial charge in [-0.2, -0.15) is 0 Å². The molecule has 2 aliphatic carbocycles. The summed E-state index contributed by atoms with van der Waals surface area (Å²) in [6.45, 7) is 1.03. The molecule has 3 heteroatoms. The van der Waals surface area contributed by atoms with Crippen LogP contribution in [0.3, 0.4) is 0 Å². The number of halogens is 1. The third-order valence-corrected chi connectivity index (χ3v) is 4.33. The van der Waals surface area contributed by atoms with Gasteiger partial charge in [0.2, 0.25) is 0 Å². The molecule has 0 aliphatic heterocycles. The quantitative estimate of drug-likeness (QED) is 0.781. The van der Waals surface area contributed by atoms with Gasteiger partial charge >= 0.3 is 0 Å². The highest BCUT2D eigenvalue weighted by Crippen LogP contribution is 2.49. The highest BCUT2D eigenvalue weighted by atomic mass is 35.5. The molecule has 0 heterocycles. The van der Waals surface area contributed by atoms with Crippen LogP contribution >= 0.6 is 11.6 Å². The molecule has 1 aromatic carbocycles. The Hall–Kier alpha value is -0.890. The minimum Gasteiger partial charge on any atom is -0.397 e. The largest absolute Gasteiger partial charge is 0.397 e. The maximum Gasteiger partial charge on any atom is 0.0763 e. The first-order valence-electron chi connectivity index (χ1n) is 6.53. The van der Waals surface area contributed by atoms with Gasteiger partial charge in [-0.05, 0) is 55.6 Å². The lowest BCUT2D eigenvalue weighted by atomic mass is 9.98. The highest BCUT2D eigenvalue weighted by molar-refractivity contribution is 6.33. The van der Waals surface area contributed by atoms with E-state index in [0.29, 0.717) is 0 Å². The Balaban J connectivity index is 1.66. The summed E-state index contributed by atoms with van der Waals surface area (Å²) >= 11 is 6.16. The Bertz CT molecular complexity index is 378. The topological polar surface area (TPSA) is 38.0 Å². The molecule has 2 nitrogen and oxygen atoms in total. The Kier molecular flexibility index (Phi) is 2.91. The number of rotatable bonds is 5. The lowest BCUT2D eigenvalue weighted by Crippen LogP contribution is -2.19. The number of nitrogen functional groups attached to an aromatic ring is 1. The number of benzene rings is 1. The number of hydrogen-bond donors (Lipinski definition) is 2. The van der Waals surface area contributed by atoms with E-state index in [4.69, 9.17) is 17.3 Å². The second-order valence-electron chi connectivity index (χ2n) is 5.42. The number of hydrogen-bond acceptors (Lipinski definition) is 2. The first kappa shape index (κ1) is 11.2. The number of para-hydroxylation sites is 1. The van der Waals surface area contributed by atoms with Gasteiger partial charge < -0.3 is 11.1 Å². The van der Waals surface area contributed by atoms with Crippen molar-refractivity contribution in [3.63, 3.8) is 0 Å². The fourth-order valence-corrected chi connectivity index (χ4v) is 2.96. The zero-order valence-electron chi connectivity index (χ0n) is 9.95. The molecule has 17 heavy (non-hydrogen) atoms. The highest BCUT2D eigenvalue weighted by Gasteiger charge is 2.41. The van der Waals surface area contributed by atoms with Crippen LogP contribution in [0.25, 0.3) is 0 Å². The standard InChI is InChI=1S/C14H19ClN2/c15-12-2-1-3-13(16)14(12)17-8-11(9-4-5-9)10-6-7-10/h1-3,9-11,17H,4-8,16H2. The SMILES string of the molecule is Nc1cccc(Cl)c1NCC(C1CC1)C1CC1. The van der Waals surface area contributed by atoms with E-state index in [1.54, 1.807) is 0 Å². The van der Waals surface area contributed by atoms with Gasteiger partial charge in [0, 0.05) is 6.54 Å². The van der Waals surface area contributed by atoms with Gasteiger partial charge in [0.15, 0.2) is 0 Å². The fourth-order valence-electron chi connectivity index (χ4n) is 2.71. The van der Waals surface area contributed by atoms with Crippen LogP contribution < -0.4 is 11.1 Å². The van der Waals surface area contributed by atoms with Crippen LogP contribution in [0.15, 0.2) is 18.2 Å². The summed E-state index contributed by atoms with van der Waals surface area (Å²) in [7, 11) is 0. The van der Waals surface area contributed by atoms with E-state index in [1.807, 2.05) is 18.2 Å². The van der Waals surface area contributed by atoms with Crippen molar-refractivity contribution in [1.29, 1.82) is 0 Å². The molecule has 0 spiro atoms. The first-order valence-corrected chi connectivity index (χ1v) is 6.91. The maximum absolute atomic E-state index is 6.16. The van der Waals surface area contributed by atoms with E-state index >= 15 is 0 Å². The average Bonchev–Trinajstić information content (AvgIpc) is 3.15. The van der Waals surface area contributed by atoms with Crippen LogP contribution in [0.2, 0.25) is 5.02 Å². The summed E-state index contributed by atoms with van der Waals surface area (Å²) in [6.07, 6.45) is 5.67. The fraction of sp³-hybridized carbons (Fsp3) is 0.571. The predicted octanol–water partition coefficient (Wildman–Crippen LogP) is 3.77. The minimum atomic E-state index is 0.732. The molecular weight excluding hydrogens is 232 g/mol. The van der Waals surface area contributed by atoms with Gasteiger partial charge in [-0.25, -0.2) is 0 Å². The Morgan fingerprint density at radius 2 is 1.88 bits per heavy atom. The third-order valence-electron chi connectivity index (χ3n) is 4.02. The molecule has 0 amide bonds. The van der Waals surface area contributed by atoms with E-state index in [9.17, 15) is 0 Å². The molecule has 2 fully saturated rings. The Morgan fingerprint density at radius 3 is 2.41 bits per heavy atom. The summed E-state index contributed by atoms with van der Waals surface area (Å²) in [5, 5.41) is 4.20. The van der Waals surface area contributed by atoms with E-state index < -0.39 is 0 Å². The van der Waals surface area contributed by atoms with Crippen LogP contribution in [-0.4, -0.2) is 6.54 Å². The monoisotopic (exact) mass is 250 g/mol. The van der Waals surface area contributed by atoms with Crippen molar-refractivity contribution in [1.82, 2.24) is 0 Å². The molecule has 0 radical (unpaired) electrons. The zero-order valence-corrected chi connectivity index (χ0v) is 10.7. The molecule has 0 bridgehead atoms. The van der Waals surface area contributed by atoms with Crippen LogP contribution in [0.5, 0.6) is 0 Å². The lowest BCUT2D eigenvalue weighted by Gasteiger charge is -2.18. The minimum absolute atomic E-state index is 0.732. The van der Waals surface area contributed by atoms with Gasteiger partial charge in [0.05, 0.1) is 16.4 Å². The van der Waals surface area contributed by atoms with Crippen LogP contribution in [-0.2, 0) is 0 Å². The van der Waals surface area contributed by atoms with Crippen molar-refractivity contribution >= 4 is 23.0 Å². The normalized spacial score (nSPS) is 19.6. The molecule has 0 atom stereocenters. The number of nitrogens with two attached hydrogens (primary N) is 1. The summed E-state index contributed by atoms with van der Waals surface area (Å²) < 4.78 is 0. The molecule has 0 unspecified atom stereocenters. The van der Waals surface area contributed by atoms with Crippen molar-refractivity contribution in [3.8, 4) is 0 Å². The summed E-state index contributed by atoms with van der Waals surface area (Å²) in [5.41, 5.74) is 7.61. The Morgan fingerprint density at radius 1 is 1.24 bits per heavy atom. The molecule has 3 rings (SSSR count). The van der Waals surface area contributed by atoms with E-state index in [2.05, 4.69) is 5.32 Å². The smallest absolute Gasteiger partial charge is 0.0763 e. The molecule has 0 saturated heterocycles. The van der Waals surface area contributed by atoms with Gasteiger partial charge in [-0.15, -0.1) is 0 Å². The van der Waals surface area contributed by atoms with Gasteiger partial charge in [-0.3, -0.25) is 0 Å². The third kappa shape index (κ3) is 2.52. The Labute approximate surface area is 108 Å².